The van der Waals surface area contributed by atoms with Crippen LogP contribution in [0.5, 0.6) is 0 Å². The normalized spacial score (nSPS) is 11.6. The van der Waals surface area contributed by atoms with Crippen molar-refractivity contribution >= 4 is 35.6 Å². The quantitative estimate of drug-likeness (QED) is 0.667. The number of hydrogen-bond acceptors (Lipinski definition) is 3. The van der Waals surface area contributed by atoms with Crippen molar-refractivity contribution in [1.82, 2.24) is 14.9 Å². The van der Waals surface area contributed by atoms with Crippen molar-refractivity contribution in [3.63, 3.8) is 0 Å². The zero-order valence-electron chi connectivity index (χ0n) is 10.8. The molecule has 0 aliphatic heterocycles. The van der Waals surface area contributed by atoms with E-state index in [1.807, 2.05) is 24.3 Å². The van der Waals surface area contributed by atoms with E-state index >= 15 is 0 Å². The summed E-state index contributed by atoms with van der Waals surface area (Å²) >= 11 is 4.22. The van der Waals surface area contributed by atoms with Gasteiger partial charge < -0.3 is 9.88 Å². The number of fused-ring (bicyclic) bond motifs is 1. The Kier molecular flexibility index (Phi) is 3.76. The van der Waals surface area contributed by atoms with Crippen LogP contribution in [0.25, 0.3) is 17.1 Å². The zero-order valence-corrected chi connectivity index (χ0v) is 11.7. The Labute approximate surface area is 117 Å². The predicted octanol–water partition coefficient (Wildman–Crippen LogP) is 2.83. The van der Waals surface area contributed by atoms with E-state index in [1.54, 1.807) is 20.0 Å². The summed E-state index contributed by atoms with van der Waals surface area (Å²) in [6, 6.07) is 7.68. The minimum atomic E-state index is -0.212. The van der Waals surface area contributed by atoms with Gasteiger partial charge in [0.1, 0.15) is 5.82 Å². The number of carbonyl (C=O) groups excluding carboxylic acids is 1. The van der Waals surface area contributed by atoms with E-state index in [0.717, 1.165) is 11.0 Å². The summed E-state index contributed by atoms with van der Waals surface area (Å²) in [5.74, 6) is 0.394. The van der Waals surface area contributed by atoms with Crippen LogP contribution in [-0.2, 0) is 4.79 Å². The van der Waals surface area contributed by atoms with E-state index in [4.69, 9.17) is 0 Å². The van der Waals surface area contributed by atoms with Crippen LogP contribution in [0.4, 0.5) is 0 Å². The van der Waals surface area contributed by atoms with Crippen molar-refractivity contribution < 1.29 is 4.79 Å². The maximum Gasteiger partial charge on any atom is 0.264 e. The topological polar surface area (TPSA) is 49.0 Å². The van der Waals surface area contributed by atoms with Gasteiger partial charge in [-0.05, 0) is 25.1 Å². The molecular formula is C14H15N3OS. The smallest absolute Gasteiger partial charge is 0.264 e. The molecular weight excluding hydrogens is 258 g/mol. The molecule has 1 amide bonds. The number of likely N-dealkylation sites (N-methyl/N-ethyl adjacent to an activating group) is 1. The first-order valence-electron chi connectivity index (χ1n) is 5.78. The molecule has 0 aliphatic carbocycles. The van der Waals surface area contributed by atoms with E-state index in [-0.39, 0.29) is 5.91 Å². The van der Waals surface area contributed by atoms with E-state index < -0.39 is 0 Å². The van der Waals surface area contributed by atoms with Gasteiger partial charge in [-0.1, -0.05) is 18.7 Å². The fourth-order valence-electron chi connectivity index (χ4n) is 1.58. The number of para-hydroxylation sites is 2. The van der Waals surface area contributed by atoms with Crippen LogP contribution < -0.4 is 0 Å². The van der Waals surface area contributed by atoms with Crippen LogP contribution in [0.3, 0.4) is 0 Å². The Morgan fingerprint density at radius 2 is 2.16 bits per heavy atom. The number of aromatic nitrogens is 2. The van der Waals surface area contributed by atoms with E-state index in [9.17, 15) is 4.79 Å². The average Bonchev–Trinajstić information content (AvgIpc) is 2.78. The number of aromatic amines is 1. The molecule has 98 valence electrons. The molecule has 0 aliphatic rings. The van der Waals surface area contributed by atoms with Crippen molar-refractivity contribution in [2.45, 2.75) is 6.92 Å². The average molecular weight is 273 g/mol. The number of nitrogens with zero attached hydrogens (tertiary/aromatic N) is 2. The number of nitrogens with one attached hydrogen (secondary N) is 1. The Bertz CT molecular complexity index is 639. The van der Waals surface area contributed by atoms with Gasteiger partial charge in [-0.25, -0.2) is 4.98 Å². The Morgan fingerprint density at radius 1 is 1.47 bits per heavy atom. The summed E-state index contributed by atoms with van der Waals surface area (Å²) in [6.45, 7) is 5.48. The van der Waals surface area contributed by atoms with Crippen LogP contribution in [0.15, 0.2) is 41.4 Å². The lowest BCUT2D eigenvalue weighted by molar-refractivity contribution is -0.123. The summed E-state index contributed by atoms with van der Waals surface area (Å²) in [4.78, 5) is 21.2. The molecule has 5 heteroatoms. The molecule has 0 radical (unpaired) electrons. The molecule has 1 N–H and O–H groups in total. The molecule has 0 spiro atoms. The molecule has 0 unspecified atom stereocenters. The first-order chi connectivity index (χ1) is 8.99. The van der Waals surface area contributed by atoms with Gasteiger partial charge in [0.05, 0.1) is 15.9 Å². The van der Waals surface area contributed by atoms with Gasteiger partial charge in [0.15, 0.2) is 0 Å². The molecule has 0 saturated carbocycles. The minimum absolute atomic E-state index is 0.212. The fourth-order valence-corrected chi connectivity index (χ4v) is 1.85. The number of rotatable bonds is 3. The largest absolute Gasteiger partial charge is 0.338 e. The minimum Gasteiger partial charge on any atom is -0.338 e. The second-order valence-electron chi connectivity index (χ2n) is 4.27. The highest BCUT2D eigenvalue weighted by atomic mass is 32.1. The lowest BCUT2D eigenvalue weighted by atomic mass is 10.3. The van der Waals surface area contributed by atoms with Gasteiger partial charge >= 0.3 is 0 Å². The highest BCUT2D eigenvalue weighted by molar-refractivity contribution is 7.85. The molecule has 0 saturated heterocycles. The zero-order chi connectivity index (χ0) is 14.0. The molecule has 19 heavy (non-hydrogen) atoms. The second-order valence-corrected chi connectivity index (χ2v) is 4.75. The van der Waals surface area contributed by atoms with Crippen LogP contribution in [-0.4, -0.2) is 27.8 Å². The maximum absolute atomic E-state index is 12.0. The lowest BCUT2D eigenvalue weighted by Crippen LogP contribution is -2.24. The van der Waals surface area contributed by atoms with Crippen LogP contribution >= 0.6 is 12.6 Å². The number of amides is 1. The van der Waals surface area contributed by atoms with Gasteiger partial charge in [-0.15, -0.1) is 12.6 Å². The number of hydrogen-bond donors (Lipinski definition) is 2. The van der Waals surface area contributed by atoms with Gasteiger partial charge in [0, 0.05) is 12.7 Å². The predicted molar refractivity (Wildman–Crippen MR) is 80.6 cm³/mol. The number of allylic oxidation sites excluding steroid dienone is 1. The first-order valence-corrected chi connectivity index (χ1v) is 6.22. The standard InChI is InChI=1S/C14H15N3OS/c1-9(2)17(3)14(18)12(19)8-13-15-10-6-4-5-7-11(10)16-13/h4-8,19H,1H2,2-3H3,(H,15,16)/b12-8+. The molecule has 2 aromatic rings. The van der Waals surface area contributed by atoms with E-state index in [2.05, 4.69) is 29.2 Å². The number of H-pyrrole nitrogens is 1. The van der Waals surface area contributed by atoms with Gasteiger partial charge in [-0.3, -0.25) is 4.79 Å². The molecule has 1 aromatic heterocycles. The highest BCUT2D eigenvalue weighted by Gasteiger charge is 2.12. The fraction of sp³-hybridized carbons (Fsp3) is 0.143. The van der Waals surface area contributed by atoms with Crippen LogP contribution in [0, 0.1) is 0 Å². The summed E-state index contributed by atoms with van der Waals surface area (Å²) in [7, 11) is 1.66. The summed E-state index contributed by atoms with van der Waals surface area (Å²) in [6.07, 6.45) is 1.62. The monoisotopic (exact) mass is 273 g/mol. The van der Waals surface area contributed by atoms with Crippen molar-refractivity contribution in [1.29, 1.82) is 0 Å². The number of carbonyl (C=O) groups is 1. The SMILES string of the molecule is C=C(C)N(C)C(=O)/C(S)=C\c1nc2ccccc2[nH]1. The maximum atomic E-state index is 12.0. The van der Waals surface area contributed by atoms with Gasteiger partial charge in [0.25, 0.3) is 5.91 Å². The van der Waals surface area contributed by atoms with Gasteiger partial charge in [0.2, 0.25) is 0 Å². The Morgan fingerprint density at radius 3 is 2.79 bits per heavy atom. The third-order valence-corrected chi connectivity index (χ3v) is 3.10. The Hall–Kier alpha value is -2.01. The van der Waals surface area contributed by atoms with E-state index in [1.165, 1.54) is 4.90 Å². The van der Waals surface area contributed by atoms with E-state index in [0.29, 0.717) is 16.4 Å². The molecule has 1 heterocycles. The molecule has 4 nitrogen and oxygen atoms in total. The molecule has 0 fully saturated rings. The second kappa shape index (κ2) is 5.32. The highest BCUT2D eigenvalue weighted by Crippen LogP contribution is 2.16. The van der Waals surface area contributed by atoms with Crippen molar-refractivity contribution in [3.8, 4) is 0 Å². The third-order valence-electron chi connectivity index (χ3n) is 2.78. The summed E-state index contributed by atoms with van der Waals surface area (Å²) in [5.41, 5.74) is 2.45. The Balaban J connectivity index is 2.29. The number of imidazole rings is 1. The molecule has 0 atom stereocenters. The van der Waals surface area contributed by atoms with Crippen LogP contribution in [0.2, 0.25) is 0 Å². The number of benzene rings is 1. The van der Waals surface area contributed by atoms with Crippen molar-refractivity contribution in [3.05, 3.63) is 47.3 Å². The molecule has 1 aromatic carbocycles. The summed E-state index contributed by atoms with van der Waals surface area (Å²) < 4.78 is 0. The van der Waals surface area contributed by atoms with Crippen molar-refractivity contribution in [2.75, 3.05) is 7.05 Å². The molecule has 0 bridgehead atoms. The summed E-state index contributed by atoms with van der Waals surface area (Å²) in [5, 5.41) is 0. The van der Waals surface area contributed by atoms with Gasteiger partial charge in [-0.2, -0.15) is 0 Å². The third kappa shape index (κ3) is 2.88. The first kappa shape index (κ1) is 13.4. The van der Waals surface area contributed by atoms with Crippen LogP contribution in [0.1, 0.15) is 12.7 Å². The van der Waals surface area contributed by atoms with Crippen molar-refractivity contribution in [2.24, 2.45) is 0 Å². The lowest BCUT2D eigenvalue weighted by Gasteiger charge is -2.16. The molecule has 2 rings (SSSR count). The number of thiol groups is 1.